The summed E-state index contributed by atoms with van der Waals surface area (Å²) in [7, 11) is 0. The van der Waals surface area contributed by atoms with Crippen molar-refractivity contribution < 1.29 is 4.79 Å². The van der Waals surface area contributed by atoms with E-state index in [0.29, 0.717) is 6.42 Å². The van der Waals surface area contributed by atoms with Gasteiger partial charge in [0.15, 0.2) is 0 Å². The third-order valence-electron chi connectivity index (χ3n) is 3.65. The second-order valence-electron chi connectivity index (χ2n) is 5.45. The Hall–Kier alpha value is -0.390. The average Bonchev–Trinajstić information content (AvgIpc) is 2.55. The Morgan fingerprint density at radius 2 is 2.21 bits per heavy atom. The molecule has 0 spiro atoms. The van der Waals surface area contributed by atoms with E-state index in [9.17, 15) is 4.79 Å². The molecule has 0 radical (unpaired) electrons. The monoisotopic (exact) mass is 344 g/mol. The fraction of sp³-hybridized carbons (Fsp3) is 0.643. The summed E-state index contributed by atoms with van der Waals surface area (Å²) in [5.41, 5.74) is 6.36. The zero-order valence-corrected chi connectivity index (χ0v) is 14.1. The molecule has 0 bridgehead atoms. The summed E-state index contributed by atoms with van der Waals surface area (Å²) in [6.45, 7) is 6.22. The number of rotatable bonds is 2. The van der Waals surface area contributed by atoms with Crippen molar-refractivity contribution in [2.24, 2.45) is 5.73 Å². The Morgan fingerprint density at radius 3 is 2.74 bits per heavy atom. The third kappa shape index (κ3) is 3.03. The lowest BCUT2D eigenvalue weighted by Gasteiger charge is -2.36. The maximum Gasteiger partial charge on any atom is 0.223 e. The molecular weight excluding hydrogens is 324 g/mol. The average molecular weight is 345 g/mol. The number of amides is 1. The van der Waals surface area contributed by atoms with Gasteiger partial charge in [-0.05, 0) is 55.6 Å². The molecule has 2 heterocycles. The molecule has 0 saturated carbocycles. The molecule has 1 fully saturated rings. The molecule has 1 amide bonds. The summed E-state index contributed by atoms with van der Waals surface area (Å²) in [4.78, 5) is 16.8. The minimum absolute atomic E-state index is 0.0185. The number of thiophene rings is 1. The molecule has 106 valence electrons. The molecular formula is C14H21BrN2OS. The molecule has 1 saturated heterocycles. The highest BCUT2D eigenvalue weighted by Crippen LogP contribution is 2.38. The first kappa shape index (κ1) is 15.0. The molecule has 2 N–H and O–H groups in total. The highest BCUT2D eigenvalue weighted by Gasteiger charge is 2.35. The number of nitrogens with zero attached hydrogens (tertiary/aromatic N) is 1. The van der Waals surface area contributed by atoms with Crippen molar-refractivity contribution in [3.8, 4) is 0 Å². The van der Waals surface area contributed by atoms with Gasteiger partial charge in [-0.1, -0.05) is 0 Å². The number of halogens is 1. The molecule has 2 unspecified atom stereocenters. The third-order valence-corrected chi connectivity index (χ3v) is 5.85. The molecule has 3 nitrogen and oxygen atoms in total. The second-order valence-corrected chi connectivity index (χ2v) is 7.59. The van der Waals surface area contributed by atoms with E-state index >= 15 is 0 Å². The summed E-state index contributed by atoms with van der Waals surface area (Å²) in [6.07, 6.45) is 2.42. The maximum atomic E-state index is 12.3. The van der Waals surface area contributed by atoms with Gasteiger partial charge in [0, 0.05) is 32.7 Å². The molecule has 0 aromatic carbocycles. The minimum Gasteiger partial charge on any atom is -0.331 e. The first-order valence-corrected chi connectivity index (χ1v) is 8.35. The van der Waals surface area contributed by atoms with Gasteiger partial charge in [0.2, 0.25) is 5.91 Å². The molecule has 19 heavy (non-hydrogen) atoms. The van der Waals surface area contributed by atoms with Crippen molar-refractivity contribution >= 4 is 33.2 Å². The standard InChI is InChI=1S/C14H21BrN2OS/c1-8(2)17-13(18)6-4-5-11(16)14(17)12-7-10(15)9(3)19-12/h7-8,11,14H,4-6,16H2,1-3H3. The number of hydrogen-bond acceptors (Lipinski definition) is 3. The summed E-state index contributed by atoms with van der Waals surface area (Å²) in [6, 6.07) is 2.35. The quantitative estimate of drug-likeness (QED) is 0.890. The van der Waals surface area contributed by atoms with E-state index in [0.717, 1.165) is 17.3 Å². The van der Waals surface area contributed by atoms with Gasteiger partial charge in [-0.3, -0.25) is 4.79 Å². The van der Waals surface area contributed by atoms with Crippen LogP contribution in [0.15, 0.2) is 10.5 Å². The van der Waals surface area contributed by atoms with E-state index in [1.54, 1.807) is 11.3 Å². The van der Waals surface area contributed by atoms with Gasteiger partial charge in [-0.15, -0.1) is 11.3 Å². The minimum atomic E-state index is 0.0185. The van der Waals surface area contributed by atoms with Crippen LogP contribution >= 0.6 is 27.3 Å². The van der Waals surface area contributed by atoms with Gasteiger partial charge < -0.3 is 10.6 Å². The van der Waals surface area contributed by atoms with Crippen LogP contribution in [-0.4, -0.2) is 22.9 Å². The largest absolute Gasteiger partial charge is 0.331 e. The normalized spacial score (nSPS) is 24.9. The van der Waals surface area contributed by atoms with Gasteiger partial charge in [0.25, 0.3) is 0 Å². The van der Waals surface area contributed by atoms with Crippen LogP contribution in [-0.2, 0) is 4.79 Å². The van der Waals surface area contributed by atoms with Gasteiger partial charge in [0.05, 0.1) is 6.04 Å². The van der Waals surface area contributed by atoms with Crippen molar-refractivity contribution in [3.05, 3.63) is 20.3 Å². The molecule has 2 rings (SSSR count). The molecule has 1 aliphatic heterocycles. The van der Waals surface area contributed by atoms with Gasteiger partial charge in [0.1, 0.15) is 0 Å². The lowest BCUT2D eigenvalue weighted by molar-refractivity contribution is -0.135. The van der Waals surface area contributed by atoms with E-state index in [2.05, 4.69) is 42.8 Å². The smallest absolute Gasteiger partial charge is 0.223 e. The van der Waals surface area contributed by atoms with Crippen LogP contribution < -0.4 is 5.73 Å². The summed E-state index contributed by atoms with van der Waals surface area (Å²) >= 11 is 5.30. The summed E-state index contributed by atoms with van der Waals surface area (Å²) < 4.78 is 1.11. The predicted molar refractivity (Wildman–Crippen MR) is 83.3 cm³/mol. The number of aryl methyl sites for hydroxylation is 1. The van der Waals surface area contributed by atoms with Crippen molar-refractivity contribution in [2.75, 3.05) is 0 Å². The first-order valence-electron chi connectivity index (χ1n) is 6.74. The van der Waals surface area contributed by atoms with E-state index in [1.165, 1.54) is 9.75 Å². The first-order chi connectivity index (χ1) is 8.91. The van der Waals surface area contributed by atoms with Crippen molar-refractivity contribution in [2.45, 2.75) is 58.2 Å². The highest BCUT2D eigenvalue weighted by molar-refractivity contribution is 9.10. The molecule has 5 heteroatoms. The van der Waals surface area contributed by atoms with Crippen molar-refractivity contribution in [3.63, 3.8) is 0 Å². The topological polar surface area (TPSA) is 46.3 Å². The predicted octanol–water partition coefficient (Wildman–Crippen LogP) is 3.61. The van der Waals surface area contributed by atoms with Crippen LogP contribution in [0.4, 0.5) is 0 Å². The number of likely N-dealkylation sites (tertiary alicyclic amines) is 1. The lowest BCUT2D eigenvalue weighted by atomic mass is 10.0. The molecule has 1 aromatic rings. The molecule has 1 aromatic heterocycles. The molecule has 0 aliphatic carbocycles. The van der Waals surface area contributed by atoms with Crippen molar-refractivity contribution in [1.82, 2.24) is 4.90 Å². The Labute approximate surface area is 127 Å². The maximum absolute atomic E-state index is 12.3. The summed E-state index contributed by atoms with van der Waals surface area (Å²) in [5, 5.41) is 0. The number of carbonyl (C=O) groups excluding carboxylic acids is 1. The van der Waals surface area contributed by atoms with E-state index < -0.39 is 0 Å². The van der Waals surface area contributed by atoms with Crippen LogP contribution in [0.1, 0.15) is 48.9 Å². The second kappa shape index (κ2) is 5.94. The SMILES string of the molecule is Cc1sc(C2C(N)CCCC(=O)N2C(C)C)cc1Br. The van der Waals surface area contributed by atoms with Gasteiger partial charge in [-0.25, -0.2) is 0 Å². The Balaban J connectivity index is 2.43. The van der Waals surface area contributed by atoms with Gasteiger partial charge in [-0.2, -0.15) is 0 Å². The van der Waals surface area contributed by atoms with Crippen LogP contribution in [0.25, 0.3) is 0 Å². The van der Waals surface area contributed by atoms with E-state index in [4.69, 9.17) is 5.73 Å². The number of carbonyl (C=O) groups is 1. The summed E-state index contributed by atoms with van der Waals surface area (Å²) in [5.74, 6) is 0.232. The van der Waals surface area contributed by atoms with Gasteiger partial charge >= 0.3 is 0 Å². The zero-order valence-electron chi connectivity index (χ0n) is 11.6. The lowest BCUT2D eigenvalue weighted by Crippen LogP contribution is -2.45. The van der Waals surface area contributed by atoms with E-state index in [-0.39, 0.29) is 24.0 Å². The number of nitrogens with two attached hydrogens (primary N) is 1. The Morgan fingerprint density at radius 1 is 1.53 bits per heavy atom. The molecule has 1 aliphatic rings. The van der Waals surface area contributed by atoms with Crippen LogP contribution in [0.2, 0.25) is 0 Å². The Kier molecular flexibility index (Phi) is 4.69. The highest BCUT2D eigenvalue weighted by atomic mass is 79.9. The van der Waals surface area contributed by atoms with Crippen LogP contribution in [0.5, 0.6) is 0 Å². The zero-order chi connectivity index (χ0) is 14.2. The number of hydrogen-bond donors (Lipinski definition) is 1. The Bertz CT molecular complexity index is 453. The van der Waals surface area contributed by atoms with Crippen molar-refractivity contribution in [1.29, 1.82) is 0 Å². The fourth-order valence-corrected chi connectivity index (χ4v) is 4.46. The molecule has 2 atom stereocenters. The van der Waals surface area contributed by atoms with Crippen LogP contribution in [0.3, 0.4) is 0 Å². The van der Waals surface area contributed by atoms with Crippen LogP contribution in [0, 0.1) is 6.92 Å². The van der Waals surface area contributed by atoms with E-state index in [1.807, 2.05) is 4.90 Å². The fourth-order valence-electron chi connectivity index (χ4n) is 2.72.